The van der Waals surface area contributed by atoms with E-state index in [2.05, 4.69) is 12.2 Å². The van der Waals surface area contributed by atoms with Gasteiger partial charge >= 0.3 is 12.0 Å². The summed E-state index contributed by atoms with van der Waals surface area (Å²) >= 11 is 0. The van der Waals surface area contributed by atoms with Crippen molar-refractivity contribution in [3.05, 3.63) is 0 Å². The lowest BCUT2D eigenvalue weighted by molar-refractivity contribution is -0.141. The van der Waals surface area contributed by atoms with Gasteiger partial charge in [0.15, 0.2) is 0 Å². The largest absolute Gasteiger partial charge is 0.481 e. The summed E-state index contributed by atoms with van der Waals surface area (Å²) in [4.78, 5) is 24.4. The second-order valence-corrected chi connectivity index (χ2v) is 5.60. The summed E-state index contributed by atoms with van der Waals surface area (Å²) in [6.07, 6.45) is 1.42. The first-order valence-electron chi connectivity index (χ1n) is 6.74. The van der Waals surface area contributed by atoms with Gasteiger partial charge in [0.2, 0.25) is 0 Å². The standard InChI is InChI=1S/C13H24N2O4/c1-4-5-13(2,3)14-12(18)15-6-7-19-10(9-15)8-11(16)17/h10H,4-9H2,1-3H3,(H,14,18)(H,16,17). The van der Waals surface area contributed by atoms with E-state index in [9.17, 15) is 9.59 Å². The lowest BCUT2D eigenvalue weighted by Crippen LogP contribution is -2.54. The highest BCUT2D eigenvalue weighted by atomic mass is 16.5. The van der Waals surface area contributed by atoms with Crippen molar-refractivity contribution in [3.8, 4) is 0 Å². The summed E-state index contributed by atoms with van der Waals surface area (Å²) < 4.78 is 5.34. The topological polar surface area (TPSA) is 78.9 Å². The van der Waals surface area contributed by atoms with Crippen LogP contribution in [0.3, 0.4) is 0 Å². The van der Waals surface area contributed by atoms with Crippen molar-refractivity contribution in [1.82, 2.24) is 10.2 Å². The van der Waals surface area contributed by atoms with Crippen LogP contribution in [-0.4, -0.2) is 53.3 Å². The van der Waals surface area contributed by atoms with Crippen LogP contribution in [-0.2, 0) is 9.53 Å². The Morgan fingerprint density at radius 3 is 2.74 bits per heavy atom. The Hall–Kier alpha value is -1.30. The molecule has 1 fully saturated rings. The summed E-state index contributed by atoms with van der Waals surface area (Å²) in [6.45, 7) is 7.28. The highest BCUT2D eigenvalue weighted by molar-refractivity contribution is 5.75. The molecule has 0 aromatic heterocycles. The van der Waals surface area contributed by atoms with Crippen LogP contribution in [0, 0.1) is 0 Å². The van der Waals surface area contributed by atoms with Gasteiger partial charge in [-0.05, 0) is 20.3 Å². The molecule has 0 aromatic rings. The fraction of sp³-hybridized carbons (Fsp3) is 0.846. The average molecular weight is 272 g/mol. The van der Waals surface area contributed by atoms with E-state index in [4.69, 9.17) is 9.84 Å². The van der Waals surface area contributed by atoms with Gasteiger partial charge in [-0.15, -0.1) is 0 Å². The van der Waals surface area contributed by atoms with Gasteiger partial charge in [0.1, 0.15) is 0 Å². The number of amides is 2. The molecule has 0 bridgehead atoms. The summed E-state index contributed by atoms with van der Waals surface area (Å²) in [7, 11) is 0. The van der Waals surface area contributed by atoms with Crippen LogP contribution >= 0.6 is 0 Å². The second kappa shape index (κ2) is 6.75. The molecule has 1 atom stereocenters. The van der Waals surface area contributed by atoms with E-state index in [0.29, 0.717) is 19.7 Å². The quantitative estimate of drug-likeness (QED) is 0.794. The Bertz CT molecular complexity index is 331. The molecule has 0 aromatic carbocycles. The third kappa shape index (κ3) is 5.46. The summed E-state index contributed by atoms with van der Waals surface area (Å²) in [6, 6.07) is -0.142. The van der Waals surface area contributed by atoms with Crippen molar-refractivity contribution in [2.45, 2.75) is 51.7 Å². The third-order valence-corrected chi connectivity index (χ3v) is 3.15. The molecule has 1 heterocycles. The maximum Gasteiger partial charge on any atom is 0.317 e. The van der Waals surface area contributed by atoms with Gasteiger partial charge in [0, 0.05) is 18.6 Å². The lowest BCUT2D eigenvalue weighted by atomic mass is 9.99. The molecule has 0 saturated carbocycles. The van der Waals surface area contributed by atoms with E-state index < -0.39 is 12.1 Å². The zero-order chi connectivity index (χ0) is 14.5. The molecule has 0 aliphatic carbocycles. The van der Waals surface area contributed by atoms with E-state index >= 15 is 0 Å². The van der Waals surface area contributed by atoms with Crippen molar-refractivity contribution in [2.75, 3.05) is 19.7 Å². The van der Waals surface area contributed by atoms with Gasteiger partial charge in [-0.25, -0.2) is 4.79 Å². The highest BCUT2D eigenvalue weighted by Crippen LogP contribution is 2.13. The Morgan fingerprint density at radius 2 is 2.16 bits per heavy atom. The number of rotatable bonds is 5. The molecule has 0 spiro atoms. The second-order valence-electron chi connectivity index (χ2n) is 5.60. The summed E-state index contributed by atoms with van der Waals surface area (Å²) in [5.74, 6) is -0.904. The SMILES string of the molecule is CCCC(C)(C)NC(=O)N1CCOC(CC(=O)O)C1. The molecule has 1 unspecified atom stereocenters. The molecular weight excluding hydrogens is 248 g/mol. The van der Waals surface area contributed by atoms with E-state index in [-0.39, 0.29) is 18.0 Å². The molecule has 2 N–H and O–H groups in total. The Labute approximate surface area is 114 Å². The Balaban J connectivity index is 2.50. The van der Waals surface area contributed by atoms with Gasteiger partial charge in [-0.3, -0.25) is 4.79 Å². The minimum atomic E-state index is -0.904. The summed E-state index contributed by atoms with van der Waals surface area (Å²) in [5, 5.41) is 11.7. The normalized spacial score (nSPS) is 20.2. The first kappa shape index (κ1) is 15.8. The van der Waals surface area contributed by atoms with Gasteiger partial charge in [-0.1, -0.05) is 13.3 Å². The molecule has 2 amide bonds. The number of carbonyl (C=O) groups is 2. The average Bonchev–Trinajstić information content (AvgIpc) is 2.27. The van der Waals surface area contributed by atoms with E-state index in [1.807, 2.05) is 13.8 Å². The van der Waals surface area contributed by atoms with Crippen molar-refractivity contribution >= 4 is 12.0 Å². The molecule has 110 valence electrons. The molecule has 6 heteroatoms. The molecule has 6 nitrogen and oxygen atoms in total. The maximum atomic E-state index is 12.1. The van der Waals surface area contributed by atoms with E-state index in [1.54, 1.807) is 4.90 Å². The van der Waals surface area contributed by atoms with Gasteiger partial charge in [0.25, 0.3) is 0 Å². The van der Waals surface area contributed by atoms with Crippen LogP contribution in [0.4, 0.5) is 4.79 Å². The number of urea groups is 1. The van der Waals surface area contributed by atoms with Crippen molar-refractivity contribution in [1.29, 1.82) is 0 Å². The van der Waals surface area contributed by atoms with Crippen LogP contribution in [0.1, 0.15) is 40.0 Å². The van der Waals surface area contributed by atoms with Gasteiger partial charge < -0.3 is 20.1 Å². The molecule has 1 rings (SSSR count). The number of ether oxygens (including phenoxy) is 1. The number of aliphatic carboxylic acids is 1. The van der Waals surface area contributed by atoms with Crippen molar-refractivity contribution in [2.24, 2.45) is 0 Å². The third-order valence-electron chi connectivity index (χ3n) is 3.15. The molecule has 1 saturated heterocycles. The highest BCUT2D eigenvalue weighted by Gasteiger charge is 2.28. The lowest BCUT2D eigenvalue weighted by Gasteiger charge is -2.35. The Morgan fingerprint density at radius 1 is 1.47 bits per heavy atom. The van der Waals surface area contributed by atoms with Crippen LogP contribution in [0.15, 0.2) is 0 Å². The minimum absolute atomic E-state index is 0.0673. The van der Waals surface area contributed by atoms with Crippen LogP contribution in [0.2, 0.25) is 0 Å². The monoisotopic (exact) mass is 272 g/mol. The van der Waals surface area contributed by atoms with E-state index in [1.165, 1.54) is 0 Å². The number of hydrogen-bond acceptors (Lipinski definition) is 3. The molecule has 19 heavy (non-hydrogen) atoms. The maximum absolute atomic E-state index is 12.1. The number of nitrogens with zero attached hydrogens (tertiary/aromatic N) is 1. The number of carboxylic acids is 1. The zero-order valence-electron chi connectivity index (χ0n) is 11.9. The fourth-order valence-corrected chi connectivity index (χ4v) is 2.28. The van der Waals surface area contributed by atoms with Crippen molar-refractivity contribution < 1.29 is 19.4 Å². The molecular formula is C13H24N2O4. The number of carbonyl (C=O) groups excluding carboxylic acids is 1. The number of morpholine rings is 1. The fourth-order valence-electron chi connectivity index (χ4n) is 2.28. The molecule has 1 aliphatic rings. The van der Waals surface area contributed by atoms with Crippen LogP contribution in [0.5, 0.6) is 0 Å². The number of hydrogen-bond donors (Lipinski definition) is 2. The predicted molar refractivity (Wildman–Crippen MR) is 71.1 cm³/mol. The first-order valence-corrected chi connectivity index (χ1v) is 6.74. The first-order chi connectivity index (χ1) is 8.84. The van der Waals surface area contributed by atoms with Crippen LogP contribution in [0.25, 0.3) is 0 Å². The predicted octanol–water partition coefficient (Wildman–Crippen LogP) is 1.45. The van der Waals surface area contributed by atoms with E-state index in [0.717, 1.165) is 12.8 Å². The van der Waals surface area contributed by atoms with Crippen molar-refractivity contribution in [3.63, 3.8) is 0 Å². The Kier molecular flexibility index (Phi) is 5.60. The smallest absolute Gasteiger partial charge is 0.317 e. The molecule has 0 radical (unpaired) electrons. The van der Waals surface area contributed by atoms with Gasteiger partial charge in [-0.2, -0.15) is 0 Å². The number of nitrogens with one attached hydrogen (secondary N) is 1. The van der Waals surface area contributed by atoms with Crippen LogP contribution < -0.4 is 5.32 Å². The van der Waals surface area contributed by atoms with Gasteiger partial charge in [0.05, 0.1) is 19.1 Å². The zero-order valence-corrected chi connectivity index (χ0v) is 11.9. The molecule has 1 aliphatic heterocycles. The summed E-state index contributed by atoms with van der Waals surface area (Å²) in [5.41, 5.74) is -0.244. The minimum Gasteiger partial charge on any atom is -0.481 e. The number of carboxylic acid groups (broad SMARTS) is 1.